The van der Waals surface area contributed by atoms with Gasteiger partial charge in [-0.05, 0) is 0 Å². The molecule has 0 spiro atoms. The molecule has 0 amide bonds. The Balaban J connectivity index is 3.64. The fraction of sp³-hybridized carbons (Fsp3) is 0.400. The SMILES string of the molecule is COC(=O)c1ncc(C(F)F)c(C(F)(F)F)c1OC. The molecule has 1 heterocycles. The summed E-state index contributed by atoms with van der Waals surface area (Å²) < 4.78 is 72.2. The first-order valence-corrected chi connectivity index (χ1v) is 4.74. The van der Waals surface area contributed by atoms with Crippen LogP contribution in [0.3, 0.4) is 0 Å². The van der Waals surface area contributed by atoms with Crippen molar-refractivity contribution in [3.8, 4) is 5.75 Å². The predicted octanol–water partition coefficient (Wildman–Crippen LogP) is 2.83. The van der Waals surface area contributed by atoms with Crippen molar-refractivity contribution >= 4 is 5.97 Å². The average Bonchev–Trinajstić information content (AvgIpc) is 2.34. The van der Waals surface area contributed by atoms with E-state index in [0.29, 0.717) is 0 Å². The Bertz CT molecular complexity index is 487. The third kappa shape index (κ3) is 2.91. The number of ether oxygens (including phenoxy) is 2. The summed E-state index contributed by atoms with van der Waals surface area (Å²) in [5.41, 5.74) is -3.92. The molecule has 19 heavy (non-hydrogen) atoms. The van der Waals surface area contributed by atoms with E-state index in [9.17, 15) is 26.7 Å². The Morgan fingerprint density at radius 2 is 1.89 bits per heavy atom. The number of alkyl halides is 5. The number of hydrogen-bond donors (Lipinski definition) is 0. The smallest absolute Gasteiger partial charge is 0.420 e. The van der Waals surface area contributed by atoms with Gasteiger partial charge in [-0.25, -0.2) is 18.6 Å². The van der Waals surface area contributed by atoms with Gasteiger partial charge in [0.2, 0.25) is 0 Å². The van der Waals surface area contributed by atoms with E-state index >= 15 is 0 Å². The fourth-order valence-corrected chi connectivity index (χ4v) is 1.41. The number of methoxy groups -OCH3 is 2. The molecule has 4 nitrogen and oxygen atoms in total. The predicted molar refractivity (Wildman–Crippen MR) is 52.1 cm³/mol. The number of esters is 1. The molecule has 1 aromatic heterocycles. The van der Waals surface area contributed by atoms with Gasteiger partial charge in [-0.1, -0.05) is 0 Å². The summed E-state index contributed by atoms with van der Waals surface area (Å²) in [5.74, 6) is -2.31. The molecule has 0 saturated carbocycles. The Kier molecular flexibility index (Phi) is 4.28. The molecule has 0 bridgehead atoms. The number of pyridine rings is 1. The molecule has 0 fully saturated rings. The largest absolute Gasteiger partial charge is 0.494 e. The summed E-state index contributed by atoms with van der Waals surface area (Å²) in [4.78, 5) is 14.5. The van der Waals surface area contributed by atoms with Crippen LogP contribution in [0.15, 0.2) is 6.20 Å². The van der Waals surface area contributed by atoms with Crippen molar-refractivity contribution in [2.24, 2.45) is 0 Å². The molecule has 0 aliphatic carbocycles. The number of carbonyl (C=O) groups excluding carboxylic acids is 1. The lowest BCUT2D eigenvalue weighted by atomic mass is 10.1. The molecule has 0 saturated heterocycles. The van der Waals surface area contributed by atoms with Crippen molar-refractivity contribution in [1.29, 1.82) is 0 Å². The van der Waals surface area contributed by atoms with E-state index in [1.807, 2.05) is 0 Å². The summed E-state index contributed by atoms with van der Waals surface area (Å²) in [6.07, 6.45) is -8.25. The van der Waals surface area contributed by atoms with Gasteiger partial charge in [0, 0.05) is 6.20 Å². The molecule has 0 aliphatic heterocycles. The summed E-state index contributed by atoms with van der Waals surface area (Å²) in [7, 11) is 1.73. The van der Waals surface area contributed by atoms with Gasteiger partial charge in [0.25, 0.3) is 6.43 Å². The zero-order valence-electron chi connectivity index (χ0n) is 9.72. The molecule has 1 aromatic rings. The Labute approximate surface area is 104 Å². The molecule has 0 radical (unpaired) electrons. The van der Waals surface area contributed by atoms with E-state index < -0.39 is 41.1 Å². The number of aromatic nitrogens is 1. The first-order valence-electron chi connectivity index (χ1n) is 4.74. The Morgan fingerprint density at radius 1 is 1.32 bits per heavy atom. The maximum absolute atomic E-state index is 12.8. The summed E-state index contributed by atoms with van der Waals surface area (Å²) >= 11 is 0. The van der Waals surface area contributed by atoms with Gasteiger partial charge in [-0.3, -0.25) is 0 Å². The van der Waals surface area contributed by atoms with Crippen LogP contribution in [0.1, 0.15) is 28.0 Å². The number of nitrogens with zero attached hydrogens (tertiary/aromatic N) is 1. The van der Waals surface area contributed by atoms with Gasteiger partial charge >= 0.3 is 12.1 Å². The van der Waals surface area contributed by atoms with E-state index in [4.69, 9.17) is 0 Å². The highest BCUT2D eigenvalue weighted by Crippen LogP contribution is 2.43. The first kappa shape index (κ1) is 15.1. The highest BCUT2D eigenvalue weighted by atomic mass is 19.4. The fourth-order valence-electron chi connectivity index (χ4n) is 1.41. The number of halogens is 5. The molecular weight excluding hydrogens is 277 g/mol. The normalized spacial score (nSPS) is 11.6. The van der Waals surface area contributed by atoms with E-state index in [-0.39, 0.29) is 6.20 Å². The zero-order valence-corrected chi connectivity index (χ0v) is 9.72. The first-order chi connectivity index (χ1) is 8.73. The number of hydrogen-bond acceptors (Lipinski definition) is 4. The zero-order chi connectivity index (χ0) is 14.8. The van der Waals surface area contributed by atoms with E-state index in [1.54, 1.807) is 0 Å². The Hall–Kier alpha value is -1.93. The standard InChI is InChI=1S/C10H8F5NO3/c1-18-7-5(10(13,14)15)4(8(11)12)3-16-6(7)9(17)19-2/h3,8H,1-2H3. The Morgan fingerprint density at radius 3 is 2.26 bits per heavy atom. The van der Waals surface area contributed by atoms with Crippen LogP contribution in [0.5, 0.6) is 5.75 Å². The van der Waals surface area contributed by atoms with Crippen LogP contribution in [0, 0.1) is 0 Å². The summed E-state index contributed by atoms with van der Waals surface area (Å²) in [5, 5.41) is 0. The van der Waals surface area contributed by atoms with E-state index in [1.165, 1.54) is 0 Å². The van der Waals surface area contributed by atoms with Crippen LogP contribution in [0.4, 0.5) is 22.0 Å². The maximum atomic E-state index is 12.8. The summed E-state index contributed by atoms with van der Waals surface area (Å²) in [6.45, 7) is 0. The molecule has 0 atom stereocenters. The van der Waals surface area contributed by atoms with Gasteiger partial charge in [-0.15, -0.1) is 0 Å². The van der Waals surface area contributed by atoms with Crippen LogP contribution >= 0.6 is 0 Å². The van der Waals surface area contributed by atoms with E-state index in [0.717, 1.165) is 14.2 Å². The minimum atomic E-state index is -5.12. The minimum absolute atomic E-state index is 0.280. The highest BCUT2D eigenvalue weighted by Gasteiger charge is 2.42. The monoisotopic (exact) mass is 285 g/mol. The molecule has 0 N–H and O–H groups in total. The quantitative estimate of drug-likeness (QED) is 0.633. The van der Waals surface area contributed by atoms with Crippen LogP contribution < -0.4 is 4.74 Å². The molecule has 1 rings (SSSR count). The van der Waals surface area contributed by atoms with Crippen molar-refractivity contribution in [2.45, 2.75) is 12.6 Å². The van der Waals surface area contributed by atoms with Gasteiger partial charge in [0.15, 0.2) is 11.4 Å². The van der Waals surface area contributed by atoms with Gasteiger partial charge in [-0.2, -0.15) is 13.2 Å². The van der Waals surface area contributed by atoms with Gasteiger partial charge in [0.05, 0.1) is 19.8 Å². The average molecular weight is 285 g/mol. The van der Waals surface area contributed by atoms with Crippen LogP contribution in [0.2, 0.25) is 0 Å². The van der Waals surface area contributed by atoms with Crippen molar-refractivity contribution < 1.29 is 36.2 Å². The second kappa shape index (κ2) is 5.37. The second-order valence-electron chi connectivity index (χ2n) is 3.26. The highest BCUT2D eigenvalue weighted by molar-refractivity contribution is 5.91. The minimum Gasteiger partial charge on any atom is -0.494 e. The summed E-state index contributed by atoms with van der Waals surface area (Å²) in [6, 6.07) is 0. The van der Waals surface area contributed by atoms with Crippen molar-refractivity contribution in [3.63, 3.8) is 0 Å². The molecule has 106 valence electrons. The molecule has 0 aliphatic rings. The lowest BCUT2D eigenvalue weighted by Gasteiger charge is -2.17. The van der Waals surface area contributed by atoms with Crippen LogP contribution in [0.25, 0.3) is 0 Å². The topological polar surface area (TPSA) is 48.4 Å². The van der Waals surface area contributed by atoms with Gasteiger partial charge in [0.1, 0.15) is 5.56 Å². The molecule has 0 aromatic carbocycles. The third-order valence-corrected chi connectivity index (χ3v) is 2.16. The van der Waals surface area contributed by atoms with Crippen molar-refractivity contribution in [3.05, 3.63) is 23.0 Å². The second-order valence-corrected chi connectivity index (χ2v) is 3.26. The number of carbonyl (C=O) groups is 1. The maximum Gasteiger partial charge on any atom is 0.420 e. The van der Waals surface area contributed by atoms with Crippen LogP contribution in [-0.2, 0) is 10.9 Å². The van der Waals surface area contributed by atoms with Crippen LogP contribution in [-0.4, -0.2) is 25.2 Å². The lowest BCUT2D eigenvalue weighted by molar-refractivity contribution is -0.140. The van der Waals surface area contributed by atoms with E-state index in [2.05, 4.69) is 14.5 Å². The van der Waals surface area contributed by atoms with Gasteiger partial charge < -0.3 is 9.47 Å². The van der Waals surface area contributed by atoms with Crippen molar-refractivity contribution in [1.82, 2.24) is 4.98 Å². The molecule has 0 unspecified atom stereocenters. The molecule has 9 heteroatoms. The number of rotatable bonds is 3. The van der Waals surface area contributed by atoms with Crippen molar-refractivity contribution in [2.75, 3.05) is 14.2 Å². The lowest BCUT2D eigenvalue weighted by Crippen LogP contribution is -2.17. The third-order valence-electron chi connectivity index (χ3n) is 2.16. The molecular formula is C10H8F5NO3.